The lowest BCUT2D eigenvalue weighted by Gasteiger charge is -2.18. The Bertz CT molecular complexity index is 1510. The number of allylic oxidation sites excluding steroid dienone is 18. The predicted molar refractivity (Wildman–Crippen MR) is 320 cm³/mol. The van der Waals surface area contributed by atoms with Crippen LogP contribution in [0.2, 0.25) is 0 Å². The predicted octanol–water partition coefficient (Wildman–Crippen LogP) is 21.0. The summed E-state index contributed by atoms with van der Waals surface area (Å²) in [6.45, 7) is 6.35. The largest absolute Gasteiger partial charge is 0.462 e. The lowest BCUT2D eigenvalue weighted by Crippen LogP contribution is -2.30. The molecular weight excluding hydrogens is 913 g/mol. The molecule has 0 aliphatic carbocycles. The Morgan fingerprint density at radius 2 is 0.527 bits per heavy atom. The van der Waals surface area contributed by atoms with Gasteiger partial charge in [0.05, 0.1) is 0 Å². The Morgan fingerprint density at radius 3 is 0.824 bits per heavy atom. The number of esters is 3. The van der Waals surface area contributed by atoms with Crippen LogP contribution in [0.1, 0.15) is 284 Å². The summed E-state index contributed by atoms with van der Waals surface area (Å²) in [5.41, 5.74) is 0. The molecule has 1 unspecified atom stereocenters. The molecule has 0 N–H and O–H groups in total. The van der Waals surface area contributed by atoms with Gasteiger partial charge in [0.15, 0.2) is 6.10 Å². The Hall–Kier alpha value is -3.93. The lowest BCUT2D eigenvalue weighted by molar-refractivity contribution is -0.167. The van der Waals surface area contributed by atoms with Gasteiger partial charge in [0.1, 0.15) is 13.2 Å². The minimum absolute atomic E-state index is 0.0829. The van der Waals surface area contributed by atoms with Gasteiger partial charge in [-0.15, -0.1) is 0 Å². The molecule has 0 fully saturated rings. The molecule has 422 valence electrons. The number of rotatable bonds is 55. The van der Waals surface area contributed by atoms with E-state index in [2.05, 4.69) is 130 Å². The van der Waals surface area contributed by atoms with Crippen molar-refractivity contribution in [2.45, 2.75) is 290 Å². The number of hydrogen-bond acceptors (Lipinski definition) is 6. The molecule has 0 heterocycles. The molecule has 1 atom stereocenters. The van der Waals surface area contributed by atoms with Crippen LogP contribution in [0.15, 0.2) is 109 Å². The first-order valence-electron chi connectivity index (χ1n) is 30.9. The molecule has 0 amide bonds. The highest BCUT2D eigenvalue weighted by atomic mass is 16.6. The number of unbranched alkanes of at least 4 members (excludes halogenated alkanes) is 26. The third-order valence-corrected chi connectivity index (χ3v) is 13.0. The fourth-order valence-electron chi connectivity index (χ4n) is 8.46. The SMILES string of the molecule is CC/C=C\C/C=C\C/C=C\C/C=C\C/C=C\C/C=C\CCCCCCCCCCCCCCCCCCC(=O)OCC(COC(=O)CCCCCCCC)OC(=O)CCCCCCC/C=C\C/C=C\C/C=C\CC. The second-order valence-corrected chi connectivity index (χ2v) is 20.2. The maximum atomic E-state index is 12.8. The summed E-state index contributed by atoms with van der Waals surface area (Å²) in [4.78, 5) is 37.9. The maximum Gasteiger partial charge on any atom is 0.306 e. The van der Waals surface area contributed by atoms with E-state index in [4.69, 9.17) is 14.2 Å². The van der Waals surface area contributed by atoms with Crippen LogP contribution in [0.25, 0.3) is 0 Å². The van der Waals surface area contributed by atoms with Crippen molar-refractivity contribution in [3.05, 3.63) is 109 Å². The number of carbonyl (C=O) groups is 3. The number of ether oxygens (including phenoxy) is 3. The van der Waals surface area contributed by atoms with Gasteiger partial charge in [0.25, 0.3) is 0 Å². The van der Waals surface area contributed by atoms with Crippen molar-refractivity contribution in [2.75, 3.05) is 13.2 Å². The Morgan fingerprint density at radius 1 is 0.284 bits per heavy atom. The fraction of sp³-hybridized carbons (Fsp3) is 0.691. The first kappa shape index (κ1) is 70.1. The van der Waals surface area contributed by atoms with Crippen LogP contribution in [-0.4, -0.2) is 37.2 Å². The Balaban J connectivity index is 3.99. The van der Waals surface area contributed by atoms with E-state index >= 15 is 0 Å². The maximum absolute atomic E-state index is 12.8. The van der Waals surface area contributed by atoms with Gasteiger partial charge in [-0.1, -0.05) is 271 Å². The Labute approximate surface area is 457 Å². The van der Waals surface area contributed by atoms with Crippen LogP contribution in [0.3, 0.4) is 0 Å². The minimum Gasteiger partial charge on any atom is -0.462 e. The summed E-state index contributed by atoms with van der Waals surface area (Å²) in [7, 11) is 0. The van der Waals surface area contributed by atoms with Crippen molar-refractivity contribution >= 4 is 17.9 Å². The van der Waals surface area contributed by atoms with Crippen molar-refractivity contribution in [1.82, 2.24) is 0 Å². The summed E-state index contributed by atoms with van der Waals surface area (Å²) in [5, 5.41) is 0. The van der Waals surface area contributed by atoms with E-state index < -0.39 is 6.10 Å². The molecule has 0 aromatic carbocycles. The summed E-state index contributed by atoms with van der Waals surface area (Å²) < 4.78 is 16.7. The molecular formula is C68H114O6. The molecule has 0 bridgehead atoms. The van der Waals surface area contributed by atoms with Crippen molar-refractivity contribution in [3.8, 4) is 0 Å². The Kier molecular flexibility index (Phi) is 58.3. The van der Waals surface area contributed by atoms with E-state index in [1.807, 2.05) is 0 Å². The molecule has 0 aromatic heterocycles. The zero-order valence-corrected chi connectivity index (χ0v) is 48.3. The van der Waals surface area contributed by atoms with Crippen molar-refractivity contribution < 1.29 is 28.6 Å². The van der Waals surface area contributed by atoms with Crippen LogP contribution in [0.4, 0.5) is 0 Å². The van der Waals surface area contributed by atoms with Crippen LogP contribution in [0.5, 0.6) is 0 Å². The second kappa shape index (κ2) is 61.6. The van der Waals surface area contributed by atoms with E-state index in [-0.39, 0.29) is 31.1 Å². The minimum atomic E-state index is -0.782. The summed E-state index contributed by atoms with van der Waals surface area (Å²) in [6, 6.07) is 0. The highest BCUT2D eigenvalue weighted by Crippen LogP contribution is 2.16. The highest BCUT2D eigenvalue weighted by molar-refractivity contribution is 5.71. The molecule has 0 saturated carbocycles. The molecule has 0 radical (unpaired) electrons. The quantitative estimate of drug-likeness (QED) is 0.0261. The molecule has 6 heteroatoms. The first-order valence-corrected chi connectivity index (χ1v) is 30.9. The standard InChI is InChI=1S/C68H114O6/c1-4-7-10-13-16-18-20-22-24-25-26-27-28-29-30-31-32-33-34-35-36-37-38-39-40-41-42-43-45-46-48-50-52-55-58-61-67(70)73-64-65(63-72-66(69)60-57-54-15-12-9-6-3)74-68(71)62-59-56-53-51-49-47-44-23-21-19-17-14-11-8-5-2/h7-8,10-11,16-19,22-24,26-27,29-30,32-33,44,65H,4-6,9,12-15,20-21,25,28,31,34-43,45-64H2,1-3H3/b10-7-,11-8-,18-16-,19-17-,24-22-,27-26-,30-29-,33-32-,44-23-. The molecule has 0 rings (SSSR count). The van der Waals surface area contributed by atoms with Crippen LogP contribution in [0, 0.1) is 0 Å². The van der Waals surface area contributed by atoms with Crippen LogP contribution in [-0.2, 0) is 28.6 Å². The summed E-state index contributed by atoms with van der Waals surface area (Å²) >= 11 is 0. The first-order chi connectivity index (χ1) is 36.5. The van der Waals surface area contributed by atoms with Gasteiger partial charge in [0.2, 0.25) is 0 Å². The average molecular weight is 1030 g/mol. The molecule has 0 aliphatic rings. The van der Waals surface area contributed by atoms with Gasteiger partial charge < -0.3 is 14.2 Å². The lowest BCUT2D eigenvalue weighted by atomic mass is 10.0. The van der Waals surface area contributed by atoms with Crippen molar-refractivity contribution in [3.63, 3.8) is 0 Å². The van der Waals surface area contributed by atoms with E-state index in [0.29, 0.717) is 19.3 Å². The van der Waals surface area contributed by atoms with Crippen molar-refractivity contribution in [2.24, 2.45) is 0 Å². The van der Waals surface area contributed by atoms with Gasteiger partial charge in [-0.25, -0.2) is 0 Å². The zero-order chi connectivity index (χ0) is 53.6. The van der Waals surface area contributed by atoms with Gasteiger partial charge in [-0.3, -0.25) is 14.4 Å². The third-order valence-electron chi connectivity index (χ3n) is 13.0. The second-order valence-electron chi connectivity index (χ2n) is 20.2. The van der Waals surface area contributed by atoms with Crippen LogP contribution < -0.4 is 0 Å². The van der Waals surface area contributed by atoms with Crippen LogP contribution >= 0.6 is 0 Å². The number of carbonyl (C=O) groups excluding carboxylic acids is 3. The smallest absolute Gasteiger partial charge is 0.306 e. The molecule has 6 nitrogen and oxygen atoms in total. The molecule has 74 heavy (non-hydrogen) atoms. The highest BCUT2D eigenvalue weighted by Gasteiger charge is 2.19. The van der Waals surface area contributed by atoms with E-state index in [1.54, 1.807) is 0 Å². The molecule has 0 saturated heterocycles. The van der Waals surface area contributed by atoms with E-state index in [1.165, 1.54) is 109 Å². The van der Waals surface area contributed by atoms with Gasteiger partial charge in [-0.05, 0) is 103 Å². The van der Waals surface area contributed by atoms with Gasteiger partial charge in [0, 0.05) is 19.3 Å². The topological polar surface area (TPSA) is 78.9 Å². The normalized spacial score (nSPS) is 12.9. The third kappa shape index (κ3) is 59.0. The number of hydrogen-bond donors (Lipinski definition) is 0. The fourth-order valence-corrected chi connectivity index (χ4v) is 8.46. The van der Waals surface area contributed by atoms with E-state index in [9.17, 15) is 14.4 Å². The van der Waals surface area contributed by atoms with Crippen molar-refractivity contribution in [1.29, 1.82) is 0 Å². The molecule has 0 aromatic rings. The summed E-state index contributed by atoms with van der Waals surface area (Å²) in [5.74, 6) is -0.906. The average Bonchev–Trinajstić information content (AvgIpc) is 3.40. The molecule has 0 aliphatic heterocycles. The van der Waals surface area contributed by atoms with Gasteiger partial charge >= 0.3 is 17.9 Å². The molecule has 0 spiro atoms. The zero-order valence-electron chi connectivity index (χ0n) is 48.3. The van der Waals surface area contributed by atoms with Gasteiger partial charge in [-0.2, -0.15) is 0 Å². The summed E-state index contributed by atoms with van der Waals surface area (Å²) in [6.07, 6.45) is 84.3. The monoisotopic (exact) mass is 1030 g/mol. The van der Waals surface area contributed by atoms with E-state index in [0.717, 1.165) is 135 Å².